The Balaban J connectivity index is 1.28. The number of esters is 1. The number of fused-ring (bicyclic) bond motifs is 5. The number of halogens is 3. The molecule has 8 rings (SSSR count). The molecule has 5 atom stereocenters. The van der Waals surface area contributed by atoms with Crippen molar-refractivity contribution in [3.63, 3.8) is 0 Å². The van der Waals surface area contributed by atoms with Crippen LogP contribution in [-0.4, -0.2) is 81.5 Å². The molecule has 0 unspecified atom stereocenters. The van der Waals surface area contributed by atoms with Gasteiger partial charge < -0.3 is 19.5 Å². The number of ether oxygens (including phenoxy) is 2. The van der Waals surface area contributed by atoms with E-state index in [-0.39, 0.29) is 47.0 Å². The molecule has 50 heavy (non-hydrogen) atoms. The lowest BCUT2D eigenvalue weighted by Crippen LogP contribution is -2.43. The van der Waals surface area contributed by atoms with Crippen LogP contribution in [0.15, 0.2) is 30.5 Å². The molecule has 4 aromatic rings. The Morgan fingerprint density at radius 1 is 1.14 bits per heavy atom. The lowest BCUT2D eigenvalue weighted by atomic mass is 9.94. The summed E-state index contributed by atoms with van der Waals surface area (Å²) in [7, 11) is 0. The molecule has 2 bridgehead atoms. The van der Waals surface area contributed by atoms with Crippen molar-refractivity contribution in [2.24, 2.45) is 17.8 Å². The summed E-state index contributed by atoms with van der Waals surface area (Å²) >= 11 is 0. The Morgan fingerprint density at radius 2 is 1.98 bits per heavy atom. The maximum atomic E-state index is 17.2. The van der Waals surface area contributed by atoms with Crippen LogP contribution in [0.25, 0.3) is 32.9 Å². The molecular weight excluding hydrogens is 647 g/mol. The van der Waals surface area contributed by atoms with E-state index in [0.717, 1.165) is 25.8 Å². The fraction of sp³-hybridized carbons (Fsp3) is 0.526. The average Bonchev–Trinajstić information content (AvgIpc) is 3.71. The van der Waals surface area contributed by atoms with Crippen molar-refractivity contribution in [1.82, 2.24) is 19.9 Å². The number of benzene rings is 2. The highest BCUT2D eigenvalue weighted by atomic mass is 19.1. The largest absolute Gasteiger partial charge is 0.461 e. The maximum Gasteiger partial charge on any atom is 0.319 e. The highest BCUT2D eigenvalue weighted by Gasteiger charge is 2.49. The van der Waals surface area contributed by atoms with Gasteiger partial charge in [0.1, 0.15) is 41.4 Å². The number of aryl methyl sites for hydroxylation is 1. The quantitative estimate of drug-likeness (QED) is 0.166. The third-order valence-electron chi connectivity index (χ3n) is 11.3. The van der Waals surface area contributed by atoms with E-state index in [2.05, 4.69) is 19.8 Å². The van der Waals surface area contributed by atoms with E-state index >= 15 is 8.78 Å². The van der Waals surface area contributed by atoms with Gasteiger partial charge in [-0.2, -0.15) is 9.97 Å². The highest BCUT2D eigenvalue weighted by Crippen LogP contribution is 2.44. The van der Waals surface area contributed by atoms with Gasteiger partial charge in [0.25, 0.3) is 0 Å². The van der Waals surface area contributed by atoms with Gasteiger partial charge >= 0.3 is 12.0 Å². The Hall–Kier alpha value is -4.03. The van der Waals surface area contributed by atoms with Crippen molar-refractivity contribution in [1.29, 1.82) is 0 Å². The first kappa shape index (κ1) is 33.1. The van der Waals surface area contributed by atoms with Crippen LogP contribution in [0.1, 0.15) is 58.4 Å². The fourth-order valence-electron chi connectivity index (χ4n) is 8.88. The van der Waals surface area contributed by atoms with Crippen molar-refractivity contribution in [3.8, 4) is 23.0 Å². The highest BCUT2D eigenvalue weighted by molar-refractivity contribution is 6.02. The second-order valence-corrected chi connectivity index (χ2v) is 15.0. The topological polar surface area (TPSA) is 101 Å². The molecule has 5 heterocycles. The fourth-order valence-corrected chi connectivity index (χ4v) is 8.88. The molecule has 0 amide bonds. The predicted molar refractivity (Wildman–Crippen MR) is 183 cm³/mol. The number of rotatable bonds is 8. The molecule has 0 radical (unpaired) electrons. The van der Waals surface area contributed by atoms with Crippen LogP contribution < -0.4 is 14.4 Å². The van der Waals surface area contributed by atoms with Gasteiger partial charge in [-0.3, -0.25) is 14.7 Å². The van der Waals surface area contributed by atoms with Crippen molar-refractivity contribution in [2.75, 3.05) is 37.7 Å². The summed E-state index contributed by atoms with van der Waals surface area (Å²) in [6.07, 6.45) is 4.26. The van der Waals surface area contributed by atoms with Crippen LogP contribution in [0.2, 0.25) is 0 Å². The average molecular weight is 690 g/mol. The van der Waals surface area contributed by atoms with Gasteiger partial charge in [0, 0.05) is 43.7 Å². The van der Waals surface area contributed by atoms with Crippen LogP contribution in [0, 0.1) is 29.4 Å². The molecule has 2 aromatic heterocycles. The number of pyridine rings is 1. The van der Waals surface area contributed by atoms with Crippen molar-refractivity contribution < 1.29 is 32.5 Å². The number of nitrogens with zero attached hydrogens (tertiary/aromatic N) is 5. The van der Waals surface area contributed by atoms with Gasteiger partial charge in [-0.1, -0.05) is 26.8 Å². The van der Waals surface area contributed by atoms with E-state index < -0.39 is 41.3 Å². The molecule has 0 spiro atoms. The van der Waals surface area contributed by atoms with E-state index in [1.54, 1.807) is 26.0 Å². The number of alkyl halides is 1. The summed E-state index contributed by atoms with van der Waals surface area (Å²) in [5, 5.41) is 12.1. The van der Waals surface area contributed by atoms with Crippen molar-refractivity contribution in [3.05, 3.63) is 47.7 Å². The van der Waals surface area contributed by atoms with Crippen LogP contribution in [0.3, 0.4) is 0 Å². The molecule has 3 saturated heterocycles. The SMILES string of the molecule is CCc1c(F)ccc2cc(OC(=O)C(C)C)cc(-c3ncc4c(N5C[C@@H]6C[C@H](C5)[C@H](O)C6)nc(OC[C@@]56CCCN5C[C@H](F)C6)nc4c3F)c12. The summed E-state index contributed by atoms with van der Waals surface area (Å²) in [6.45, 7) is 7.79. The minimum atomic E-state index is -0.934. The lowest BCUT2D eigenvalue weighted by Gasteiger charge is -2.34. The molecule has 1 aliphatic carbocycles. The number of carbonyl (C=O) groups excluding carboxylic acids is 1. The second kappa shape index (κ2) is 12.6. The Bertz CT molecular complexity index is 1990. The number of hydrogen-bond donors (Lipinski definition) is 1. The monoisotopic (exact) mass is 689 g/mol. The van der Waals surface area contributed by atoms with Crippen LogP contribution in [0.5, 0.6) is 11.8 Å². The molecule has 3 aliphatic heterocycles. The van der Waals surface area contributed by atoms with Gasteiger partial charge in [-0.05, 0) is 79.1 Å². The zero-order valence-corrected chi connectivity index (χ0v) is 28.6. The summed E-state index contributed by atoms with van der Waals surface area (Å²) in [5.74, 6) is -1.05. The van der Waals surface area contributed by atoms with Gasteiger partial charge in [-0.25, -0.2) is 13.2 Å². The minimum Gasteiger partial charge on any atom is -0.461 e. The molecule has 2 aromatic carbocycles. The molecule has 9 nitrogen and oxygen atoms in total. The van der Waals surface area contributed by atoms with Crippen molar-refractivity contribution in [2.45, 2.75) is 77.1 Å². The van der Waals surface area contributed by atoms with Crippen LogP contribution in [0.4, 0.5) is 19.0 Å². The first-order valence-corrected chi connectivity index (χ1v) is 17.8. The van der Waals surface area contributed by atoms with Gasteiger partial charge in [0.05, 0.1) is 22.9 Å². The van der Waals surface area contributed by atoms with E-state index in [4.69, 9.17) is 14.5 Å². The standard InChI is InChI=1S/C38H42F3N5O4/c1-4-26-29(40)7-6-22-12-25(50-36(48)20(2)3)13-27(31(22)26)33-32(41)34-28(15-42-33)35(45-16-21-10-23(17-45)30(47)11-21)44-37(43-34)49-19-38-8-5-9-46(38)18-24(39)14-38/h6-7,12-13,15,20-21,23-24,30,47H,4-5,8-11,14,16-19H2,1-3H3/t21-,23-,24-,30-,38+/m1/s1. The molecule has 1 saturated carbocycles. The number of carbonyl (C=O) groups is 1. The third-order valence-corrected chi connectivity index (χ3v) is 11.3. The number of anilines is 1. The van der Waals surface area contributed by atoms with Gasteiger partial charge in [0.15, 0.2) is 5.82 Å². The number of aromatic nitrogens is 3. The number of piperidine rings is 1. The Kier molecular flexibility index (Phi) is 8.37. The van der Waals surface area contributed by atoms with Crippen molar-refractivity contribution >= 4 is 33.5 Å². The molecule has 4 aliphatic rings. The smallest absolute Gasteiger partial charge is 0.319 e. The Morgan fingerprint density at radius 3 is 2.76 bits per heavy atom. The van der Waals surface area contributed by atoms with E-state index in [9.17, 15) is 14.3 Å². The van der Waals surface area contributed by atoms with Crippen LogP contribution >= 0.6 is 0 Å². The van der Waals surface area contributed by atoms with Crippen LogP contribution in [-0.2, 0) is 11.2 Å². The molecule has 4 fully saturated rings. The lowest BCUT2D eigenvalue weighted by molar-refractivity contribution is -0.137. The third kappa shape index (κ3) is 5.64. The summed E-state index contributed by atoms with van der Waals surface area (Å²) < 4.78 is 58.9. The maximum absolute atomic E-state index is 17.2. The van der Waals surface area contributed by atoms with Gasteiger partial charge in [-0.15, -0.1) is 0 Å². The van der Waals surface area contributed by atoms with E-state index in [1.807, 2.05) is 6.92 Å². The number of aliphatic hydroxyl groups is 1. The first-order valence-electron chi connectivity index (χ1n) is 17.8. The normalized spacial score (nSPS) is 26.4. The molecular formula is C38H42F3N5O4. The molecule has 1 N–H and O–H groups in total. The molecule has 12 heteroatoms. The number of hydrogen-bond acceptors (Lipinski definition) is 9. The Labute approximate surface area is 288 Å². The predicted octanol–water partition coefficient (Wildman–Crippen LogP) is 6.41. The second-order valence-electron chi connectivity index (χ2n) is 15.0. The van der Waals surface area contributed by atoms with E-state index in [0.29, 0.717) is 66.4 Å². The first-order chi connectivity index (χ1) is 24.0. The minimum absolute atomic E-state index is 0.0174. The zero-order valence-electron chi connectivity index (χ0n) is 28.6. The zero-order chi connectivity index (χ0) is 34.9. The summed E-state index contributed by atoms with van der Waals surface area (Å²) in [4.78, 5) is 30.9. The van der Waals surface area contributed by atoms with E-state index in [1.165, 1.54) is 18.3 Å². The summed E-state index contributed by atoms with van der Waals surface area (Å²) in [5.41, 5.74) is 0.106. The number of aliphatic hydroxyl groups excluding tert-OH is 1. The van der Waals surface area contributed by atoms with Gasteiger partial charge in [0.2, 0.25) is 0 Å². The summed E-state index contributed by atoms with van der Waals surface area (Å²) in [6, 6.07) is 6.10. The molecule has 264 valence electrons.